The van der Waals surface area contributed by atoms with Crippen molar-refractivity contribution < 1.29 is 27.8 Å². The highest BCUT2D eigenvalue weighted by molar-refractivity contribution is 6.16. The van der Waals surface area contributed by atoms with Gasteiger partial charge in [-0.25, -0.2) is 28.0 Å². The number of hydrogen-bond acceptors (Lipinski definition) is 5. The first-order valence-corrected chi connectivity index (χ1v) is 11.2. The van der Waals surface area contributed by atoms with Gasteiger partial charge < -0.3 is 9.84 Å². The molecular formula is C24H24F3N5O3. The zero-order valence-electron chi connectivity index (χ0n) is 19.1. The third-order valence-electron chi connectivity index (χ3n) is 6.48. The molecule has 5 rings (SSSR count). The summed E-state index contributed by atoms with van der Waals surface area (Å²) in [5, 5.41) is 12.2. The summed E-state index contributed by atoms with van der Waals surface area (Å²) in [7, 11) is 1.52. The average Bonchev–Trinajstić information content (AvgIpc) is 3.25. The summed E-state index contributed by atoms with van der Waals surface area (Å²) in [5.74, 6) is -2.88. The van der Waals surface area contributed by atoms with Crippen molar-refractivity contribution >= 4 is 23.6 Å². The Balaban J connectivity index is 1.47. The zero-order chi connectivity index (χ0) is 24.9. The Morgan fingerprint density at radius 2 is 1.91 bits per heavy atom. The number of aliphatic hydroxyl groups excluding tert-OH is 1. The number of rotatable bonds is 5. The van der Waals surface area contributed by atoms with E-state index >= 15 is 0 Å². The van der Waals surface area contributed by atoms with Crippen molar-refractivity contribution in [3.05, 3.63) is 58.9 Å². The third-order valence-corrected chi connectivity index (χ3v) is 6.48. The molecule has 2 aromatic carbocycles. The molecule has 8 nitrogen and oxygen atoms in total. The number of fused-ring (bicyclic) bond motifs is 1. The van der Waals surface area contributed by atoms with Crippen LogP contribution in [0.1, 0.15) is 30.0 Å². The van der Waals surface area contributed by atoms with Crippen molar-refractivity contribution in [1.29, 1.82) is 0 Å². The first kappa shape index (κ1) is 23.2. The van der Waals surface area contributed by atoms with Crippen LogP contribution in [0.25, 0.3) is 0 Å². The second kappa shape index (κ2) is 8.88. The number of carbonyl (C=O) groups excluding carboxylic acids is 1. The molecule has 11 heteroatoms. The van der Waals surface area contributed by atoms with Crippen LogP contribution in [0.5, 0.6) is 5.75 Å². The Labute approximate surface area is 199 Å². The van der Waals surface area contributed by atoms with E-state index in [1.54, 1.807) is 11.0 Å². The van der Waals surface area contributed by atoms with Crippen LogP contribution in [-0.4, -0.2) is 59.2 Å². The number of carbonyl (C=O) groups is 1. The molecule has 2 aromatic rings. The van der Waals surface area contributed by atoms with Crippen molar-refractivity contribution in [2.24, 2.45) is 15.9 Å². The fraction of sp³-hybridized carbons (Fsp3) is 0.375. The van der Waals surface area contributed by atoms with Crippen molar-refractivity contribution in [3.63, 3.8) is 0 Å². The number of nitrogens with one attached hydrogen (secondary N) is 1. The maximum Gasteiger partial charge on any atom is 0.330 e. The fourth-order valence-electron chi connectivity index (χ4n) is 4.37. The Morgan fingerprint density at radius 3 is 2.60 bits per heavy atom. The van der Waals surface area contributed by atoms with Crippen LogP contribution in [0.15, 0.2) is 40.3 Å². The van der Waals surface area contributed by atoms with E-state index < -0.39 is 29.5 Å². The molecule has 1 unspecified atom stereocenters. The Morgan fingerprint density at radius 1 is 1.20 bits per heavy atom. The van der Waals surface area contributed by atoms with Gasteiger partial charge >= 0.3 is 6.03 Å². The number of halogens is 3. The summed E-state index contributed by atoms with van der Waals surface area (Å²) < 4.78 is 47.3. The minimum atomic E-state index is -1.55. The van der Waals surface area contributed by atoms with E-state index in [0.717, 1.165) is 17.7 Å². The van der Waals surface area contributed by atoms with Crippen LogP contribution in [0, 0.1) is 30.3 Å². The highest BCUT2D eigenvalue weighted by atomic mass is 19.2. The maximum atomic E-state index is 14.0. The molecule has 35 heavy (non-hydrogen) atoms. The van der Waals surface area contributed by atoms with E-state index in [4.69, 9.17) is 4.74 Å². The monoisotopic (exact) mass is 487 g/mol. The number of hydrogen-bond donors (Lipinski definition) is 2. The quantitative estimate of drug-likeness (QED) is 0.631. The molecule has 1 aliphatic carbocycles. The first-order valence-electron chi connectivity index (χ1n) is 11.2. The van der Waals surface area contributed by atoms with Crippen molar-refractivity contribution in [3.8, 4) is 5.75 Å². The normalized spacial score (nSPS) is 24.7. The number of amides is 2. The molecule has 0 aromatic heterocycles. The van der Waals surface area contributed by atoms with Gasteiger partial charge in [0, 0.05) is 13.1 Å². The number of guanidine groups is 2. The number of aliphatic hydroxyl groups is 1. The lowest BCUT2D eigenvalue weighted by Gasteiger charge is -2.36. The number of aliphatic imine (C=N–C) groups is 2. The second-order valence-electron chi connectivity index (χ2n) is 9.00. The smallest absolute Gasteiger partial charge is 0.330 e. The molecule has 0 radical (unpaired) electrons. The van der Waals surface area contributed by atoms with Crippen LogP contribution in [0.3, 0.4) is 0 Å². The van der Waals surface area contributed by atoms with Gasteiger partial charge in [0.15, 0.2) is 17.5 Å². The minimum absolute atomic E-state index is 0.0908. The van der Waals surface area contributed by atoms with Gasteiger partial charge in [-0.3, -0.25) is 15.1 Å². The van der Waals surface area contributed by atoms with E-state index in [0.29, 0.717) is 36.8 Å². The summed E-state index contributed by atoms with van der Waals surface area (Å²) in [6, 6.07) is 6.06. The molecule has 3 aliphatic rings. The van der Waals surface area contributed by atoms with Gasteiger partial charge in [-0.05, 0) is 55.0 Å². The number of nitrogens with zero attached hydrogens (tertiary/aromatic N) is 4. The molecule has 0 spiro atoms. The number of aryl methyl sites for hydroxylation is 1. The van der Waals surface area contributed by atoms with Gasteiger partial charge in [-0.2, -0.15) is 0 Å². The summed E-state index contributed by atoms with van der Waals surface area (Å²) >= 11 is 0. The van der Waals surface area contributed by atoms with Crippen molar-refractivity contribution in [2.75, 3.05) is 20.2 Å². The van der Waals surface area contributed by atoms with Gasteiger partial charge in [0.25, 0.3) is 0 Å². The summed E-state index contributed by atoms with van der Waals surface area (Å²) in [4.78, 5) is 24.4. The lowest BCUT2D eigenvalue weighted by atomic mass is 9.83. The van der Waals surface area contributed by atoms with E-state index in [1.165, 1.54) is 11.9 Å². The summed E-state index contributed by atoms with van der Waals surface area (Å²) in [6.45, 7) is 2.42. The van der Waals surface area contributed by atoms with Crippen LogP contribution in [0.4, 0.5) is 23.7 Å². The van der Waals surface area contributed by atoms with Gasteiger partial charge in [-0.1, -0.05) is 6.07 Å². The molecule has 2 N–H and O–H groups in total. The summed E-state index contributed by atoms with van der Waals surface area (Å²) in [5.41, 5.74) is 1.50. The molecule has 2 aliphatic heterocycles. The highest BCUT2D eigenvalue weighted by Crippen LogP contribution is 2.34. The third kappa shape index (κ3) is 4.31. The first-order chi connectivity index (χ1) is 16.7. The van der Waals surface area contributed by atoms with Crippen LogP contribution in [-0.2, 0) is 0 Å². The molecule has 2 amide bonds. The van der Waals surface area contributed by atoms with Crippen LogP contribution >= 0.6 is 0 Å². The second-order valence-corrected chi connectivity index (χ2v) is 9.00. The molecule has 2 heterocycles. The molecular weight excluding hydrogens is 463 g/mol. The zero-order valence-corrected chi connectivity index (χ0v) is 19.1. The lowest BCUT2D eigenvalue weighted by molar-refractivity contribution is 0.0203. The van der Waals surface area contributed by atoms with Crippen LogP contribution in [0.2, 0.25) is 0 Å². The Hall–Kier alpha value is -3.60. The standard InChI is InChI=1S/C24H24F3N5O3/c1-12-3-4-16(35-11-13-5-15(33)6-13)9-19(12)29-22-30-24(34)31(2)23-28-10-20(32(22)23)14-7-17(25)21(27)18(26)8-14/h3-4,7-9,13,15,20,33H,5-6,10-11H2,1-2H3,(H,29,30,34). The summed E-state index contributed by atoms with van der Waals surface area (Å²) in [6.07, 6.45) is 1.16. The van der Waals surface area contributed by atoms with Crippen molar-refractivity contribution in [2.45, 2.75) is 31.9 Å². The molecule has 1 saturated carbocycles. The predicted molar refractivity (Wildman–Crippen MR) is 122 cm³/mol. The topological polar surface area (TPSA) is 89.8 Å². The minimum Gasteiger partial charge on any atom is -0.493 e. The Kier molecular flexibility index (Phi) is 5.87. The number of benzene rings is 2. The van der Waals surface area contributed by atoms with Gasteiger partial charge in [-0.15, -0.1) is 0 Å². The fourth-order valence-corrected chi connectivity index (χ4v) is 4.37. The number of ether oxygens (including phenoxy) is 1. The highest BCUT2D eigenvalue weighted by Gasteiger charge is 2.41. The maximum absolute atomic E-state index is 14.0. The lowest BCUT2D eigenvalue weighted by Crippen LogP contribution is -2.61. The SMILES string of the molecule is Cc1ccc(OCC2CC(O)C2)cc1N=C1NC(=O)N(C)C2=NCC(c3cc(F)c(F)c(F)c3)N12. The van der Waals surface area contributed by atoms with Crippen LogP contribution < -0.4 is 10.1 Å². The molecule has 2 fully saturated rings. The number of urea groups is 1. The molecule has 0 bridgehead atoms. The molecule has 1 saturated heterocycles. The van der Waals surface area contributed by atoms with E-state index in [9.17, 15) is 23.1 Å². The Bertz CT molecular complexity index is 1220. The van der Waals surface area contributed by atoms with Gasteiger partial charge in [0.05, 0.1) is 31.0 Å². The average molecular weight is 487 g/mol. The predicted octanol–water partition coefficient (Wildman–Crippen LogP) is 3.62. The van der Waals surface area contributed by atoms with E-state index in [1.807, 2.05) is 19.1 Å². The van der Waals surface area contributed by atoms with Crippen molar-refractivity contribution in [1.82, 2.24) is 15.1 Å². The van der Waals surface area contributed by atoms with E-state index in [-0.39, 0.29) is 30.1 Å². The molecule has 1 atom stereocenters. The van der Waals surface area contributed by atoms with E-state index in [2.05, 4.69) is 15.3 Å². The van der Waals surface area contributed by atoms with Gasteiger partial charge in [0.1, 0.15) is 5.75 Å². The molecule has 184 valence electrons. The largest absolute Gasteiger partial charge is 0.493 e. The van der Waals surface area contributed by atoms with Gasteiger partial charge in [0.2, 0.25) is 11.9 Å².